The number of benzene rings is 2. The number of nitrogens with one attached hydrogen (secondary N) is 5. The first-order valence-corrected chi connectivity index (χ1v) is 24.6. The van der Waals surface area contributed by atoms with Gasteiger partial charge < -0.3 is 37.5 Å². The minimum Gasteiger partial charge on any atom is -0.487 e. The highest BCUT2D eigenvalue weighted by Gasteiger charge is 2.38. The van der Waals surface area contributed by atoms with Gasteiger partial charge in [-0.05, 0) is 106 Å². The molecule has 2 aliphatic heterocycles. The molecule has 2 bridgehead atoms. The van der Waals surface area contributed by atoms with E-state index in [1.807, 2.05) is 67.5 Å². The molecule has 3 heterocycles. The second-order valence-electron chi connectivity index (χ2n) is 19.6. The summed E-state index contributed by atoms with van der Waals surface area (Å²) in [5.74, 6) is -2.86. The van der Waals surface area contributed by atoms with Crippen LogP contribution in [0.2, 0.25) is 0 Å². The Labute approximate surface area is 389 Å². The third-order valence-corrected chi connectivity index (χ3v) is 14.3. The lowest BCUT2D eigenvalue weighted by Crippen LogP contribution is -2.60. The van der Waals surface area contributed by atoms with Crippen LogP contribution >= 0.6 is 0 Å². The third kappa shape index (κ3) is 11.9. The number of ether oxygens (including phenoxy) is 1. The Hall–Kier alpha value is -5.49. The molecular weight excluding hydrogens is 863 g/mol. The molecule has 4 amide bonds. The molecule has 6 atom stereocenters. The number of guanidine groups is 1. The zero-order chi connectivity index (χ0) is 49.0. The van der Waals surface area contributed by atoms with E-state index in [4.69, 9.17) is 16.2 Å². The summed E-state index contributed by atoms with van der Waals surface area (Å²) in [5, 5.41) is 12.1. The van der Waals surface area contributed by atoms with Gasteiger partial charge in [0.15, 0.2) is 0 Å². The first kappa shape index (κ1) is 51.5. The van der Waals surface area contributed by atoms with Crippen LogP contribution in [-0.4, -0.2) is 90.8 Å². The summed E-state index contributed by atoms with van der Waals surface area (Å²) in [4.78, 5) is 75.5. The number of hydrogen-bond acceptors (Lipinski definition) is 10. The number of aliphatic imine (C=N–C) groups is 1. The largest absolute Gasteiger partial charge is 0.487 e. The third-order valence-electron chi connectivity index (χ3n) is 12.6. The van der Waals surface area contributed by atoms with Gasteiger partial charge in [0.2, 0.25) is 29.6 Å². The van der Waals surface area contributed by atoms with Crippen molar-refractivity contribution < 1.29 is 37.1 Å². The molecule has 0 radical (unpaired) electrons. The molecule has 1 aromatic heterocycles. The number of fused-ring (bicyclic) bond motifs is 6. The molecule has 0 aliphatic carbocycles. The average Bonchev–Trinajstić information content (AvgIpc) is 3.77. The number of amides is 4. The van der Waals surface area contributed by atoms with Gasteiger partial charge in [0.25, 0.3) is 15.9 Å². The molecule has 5 rings (SSSR count). The van der Waals surface area contributed by atoms with Gasteiger partial charge in [0, 0.05) is 36.5 Å². The van der Waals surface area contributed by atoms with Crippen LogP contribution in [0, 0.1) is 38.5 Å². The maximum Gasteiger partial charge on any atom is 0.264 e. The lowest BCUT2D eigenvalue weighted by atomic mass is 9.94. The first-order chi connectivity index (χ1) is 30.8. The summed E-state index contributed by atoms with van der Waals surface area (Å²) in [6.45, 7) is 20.6. The topological polar surface area (TPSA) is 258 Å². The monoisotopic (exact) mass is 934 g/mol. The Morgan fingerprint density at radius 1 is 0.939 bits per heavy atom. The summed E-state index contributed by atoms with van der Waals surface area (Å²) in [7, 11) is -4.18. The van der Waals surface area contributed by atoms with Crippen LogP contribution in [0.1, 0.15) is 120 Å². The molecule has 2 aliphatic rings. The van der Waals surface area contributed by atoms with E-state index in [0.717, 1.165) is 11.1 Å². The van der Waals surface area contributed by atoms with Crippen molar-refractivity contribution in [1.29, 1.82) is 0 Å². The summed E-state index contributed by atoms with van der Waals surface area (Å²) in [6, 6.07) is 1.76. The van der Waals surface area contributed by atoms with Crippen LogP contribution < -0.4 is 42.2 Å². The van der Waals surface area contributed by atoms with Crippen LogP contribution in [0.5, 0.6) is 5.75 Å². The van der Waals surface area contributed by atoms with Gasteiger partial charge in [-0.15, -0.1) is 0 Å². The number of carbonyl (C=O) groups is 5. The molecular formula is C48H71N9O8S. The van der Waals surface area contributed by atoms with Crippen LogP contribution in [0.25, 0.3) is 10.9 Å². The molecule has 0 spiro atoms. The van der Waals surface area contributed by atoms with Gasteiger partial charge in [-0.25, -0.2) is 13.1 Å². The van der Waals surface area contributed by atoms with E-state index in [0.29, 0.717) is 52.6 Å². The molecule has 18 heteroatoms. The predicted octanol–water partition coefficient (Wildman–Crippen LogP) is 3.95. The van der Waals surface area contributed by atoms with E-state index in [2.05, 4.69) is 31.0 Å². The molecule has 0 saturated heterocycles. The highest BCUT2D eigenvalue weighted by atomic mass is 32.2. The molecule has 66 heavy (non-hydrogen) atoms. The van der Waals surface area contributed by atoms with Crippen molar-refractivity contribution in [3.05, 3.63) is 58.3 Å². The second kappa shape index (κ2) is 21.0. The van der Waals surface area contributed by atoms with Crippen molar-refractivity contribution in [1.82, 2.24) is 30.6 Å². The number of para-hydroxylation sites is 1. The van der Waals surface area contributed by atoms with Crippen LogP contribution in [-0.2, 0) is 42.0 Å². The predicted molar refractivity (Wildman–Crippen MR) is 255 cm³/mol. The van der Waals surface area contributed by atoms with E-state index in [-0.39, 0.29) is 54.9 Å². The van der Waals surface area contributed by atoms with Gasteiger partial charge in [0.1, 0.15) is 35.5 Å². The molecule has 3 aromatic rings. The van der Waals surface area contributed by atoms with Crippen LogP contribution in [0.15, 0.2) is 40.4 Å². The lowest BCUT2D eigenvalue weighted by Gasteiger charge is -2.29. The minimum absolute atomic E-state index is 0.00586. The number of sulfonamides is 1. The molecule has 9 N–H and O–H groups in total. The summed E-state index contributed by atoms with van der Waals surface area (Å²) in [6.07, 6.45) is 3.44. The van der Waals surface area contributed by atoms with Crippen molar-refractivity contribution in [3.63, 3.8) is 0 Å². The second-order valence-corrected chi connectivity index (χ2v) is 21.2. The number of carbonyl (C=O) groups excluding carboxylic acids is 5. The quantitative estimate of drug-likeness (QED) is 0.0696. The number of nitrogens with zero attached hydrogens (tertiary/aromatic N) is 2. The van der Waals surface area contributed by atoms with Crippen LogP contribution in [0.3, 0.4) is 0 Å². The fraction of sp³-hybridized carbons (Fsp3) is 0.583. The fourth-order valence-corrected chi connectivity index (χ4v) is 10.4. The summed E-state index contributed by atoms with van der Waals surface area (Å²) >= 11 is 0. The van der Waals surface area contributed by atoms with E-state index in [1.165, 1.54) is 4.57 Å². The molecule has 0 saturated carbocycles. The standard InChI is InChI=1S/C48H71N9O8S/c1-12-27(6)39-45(61)52-35(17-15-19-51-47(50)56-66(63,64)41-29(8)28(7)40-33(30(41)9)23-48(10,11)65-40)43(59)54-37(21-26(4)5)46(62)57-24-31(32-16-13-14-18-38(32)57)22-36(44(60)55-39)53-42(58)34(49)20-25(2)3/h13-14,16,18,24-27,34-37,39H,12,15,17,19-23,49H2,1-11H3,(H,52,61)(H,53,58)(H,54,59)(H,55,60)(H3,50,51,56)/t27-,34-,35-,36-,37-,39-/m0/s1. The Balaban J connectivity index is 1.46. The normalized spacial score (nSPS) is 21.6. The maximum atomic E-state index is 14.6. The Bertz CT molecular complexity index is 2480. The maximum absolute atomic E-state index is 14.6. The van der Waals surface area contributed by atoms with Crippen molar-refractivity contribution in [2.45, 2.75) is 162 Å². The number of aromatic nitrogens is 1. The fourth-order valence-electron chi connectivity index (χ4n) is 8.90. The van der Waals surface area contributed by atoms with Crippen molar-refractivity contribution in [3.8, 4) is 5.75 Å². The highest BCUT2D eigenvalue weighted by molar-refractivity contribution is 7.90. The zero-order valence-corrected chi connectivity index (χ0v) is 41.2. The van der Waals surface area contributed by atoms with Crippen molar-refractivity contribution in [2.75, 3.05) is 6.54 Å². The van der Waals surface area contributed by atoms with Gasteiger partial charge in [-0.2, -0.15) is 0 Å². The number of rotatable bonds is 14. The smallest absolute Gasteiger partial charge is 0.264 e. The Morgan fingerprint density at radius 2 is 1.61 bits per heavy atom. The first-order valence-electron chi connectivity index (χ1n) is 23.1. The molecule has 0 fully saturated rings. The van der Waals surface area contributed by atoms with Crippen molar-refractivity contribution in [2.24, 2.45) is 34.2 Å². The van der Waals surface area contributed by atoms with Gasteiger partial charge in [-0.3, -0.25) is 33.5 Å². The zero-order valence-electron chi connectivity index (χ0n) is 40.4. The van der Waals surface area contributed by atoms with Crippen molar-refractivity contribution >= 4 is 56.4 Å². The van der Waals surface area contributed by atoms with E-state index in [9.17, 15) is 32.4 Å². The minimum atomic E-state index is -4.18. The average molecular weight is 934 g/mol. The molecule has 0 unspecified atom stereocenters. The number of hydrogen-bond donors (Lipinski definition) is 7. The van der Waals surface area contributed by atoms with E-state index < -0.39 is 81.3 Å². The van der Waals surface area contributed by atoms with E-state index in [1.54, 1.807) is 39.1 Å². The van der Waals surface area contributed by atoms with Crippen LogP contribution in [0.4, 0.5) is 0 Å². The Morgan fingerprint density at radius 3 is 2.26 bits per heavy atom. The Kier molecular flexibility index (Phi) is 16.4. The molecule has 362 valence electrons. The summed E-state index contributed by atoms with van der Waals surface area (Å²) in [5.41, 5.74) is 15.8. The summed E-state index contributed by atoms with van der Waals surface area (Å²) < 4.78 is 37.7. The molecule has 2 aromatic carbocycles. The van der Waals surface area contributed by atoms with Gasteiger partial charge in [0.05, 0.1) is 16.5 Å². The number of nitrogens with two attached hydrogens (primary N) is 2. The molecule has 17 nitrogen and oxygen atoms in total. The van der Waals surface area contributed by atoms with Gasteiger partial charge in [-0.1, -0.05) is 66.2 Å². The highest BCUT2D eigenvalue weighted by Crippen LogP contribution is 2.43. The van der Waals surface area contributed by atoms with Gasteiger partial charge >= 0.3 is 0 Å². The lowest BCUT2D eigenvalue weighted by molar-refractivity contribution is -0.135. The SMILES string of the molecule is CC[C@H](C)[C@@H]1NC(=O)[C@@H](NC(=O)[C@@H](N)CC(C)C)Cc2cn(c3ccccc23)C(=O)[C@H](CC(C)C)NC(=O)[C@H](CCCN=C(N)NS(=O)(=O)c2c(C)c(C)c3c(c2C)CC(C)(C)O3)NC1=O. The van der Waals surface area contributed by atoms with E-state index >= 15 is 0 Å².